The number of carbonyl (C=O) groups excluding carboxylic acids is 1. The number of nitrogens with one attached hydrogen (secondary N) is 1. The summed E-state index contributed by atoms with van der Waals surface area (Å²) in [5.74, 6) is 0.110. The Balaban J connectivity index is 1.39. The minimum absolute atomic E-state index is 0.0223. The molecule has 25 heavy (non-hydrogen) atoms. The zero-order chi connectivity index (χ0) is 17.1. The fourth-order valence-corrected chi connectivity index (χ4v) is 3.40. The molecule has 3 heterocycles. The summed E-state index contributed by atoms with van der Waals surface area (Å²) >= 11 is 0. The van der Waals surface area contributed by atoms with Crippen LogP contribution in [0.2, 0.25) is 0 Å². The van der Waals surface area contributed by atoms with Crippen LogP contribution in [0.15, 0.2) is 55.0 Å². The molecule has 1 aliphatic heterocycles. The summed E-state index contributed by atoms with van der Waals surface area (Å²) in [5.41, 5.74) is 2.84. The van der Waals surface area contributed by atoms with Crippen LogP contribution in [0.3, 0.4) is 0 Å². The Labute approximate surface area is 146 Å². The van der Waals surface area contributed by atoms with Gasteiger partial charge >= 0.3 is 0 Å². The average molecular weight is 335 g/mol. The molecule has 1 saturated heterocycles. The van der Waals surface area contributed by atoms with Crippen molar-refractivity contribution in [3.63, 3.8) is 0 Å². The topological polar surface area (TPSA) is 62.5 Å². The molecule has 2 aromatic heterocycles. The summed E-state index contributed by atoms with van der Waals surface area (Å²) in [6.07, 6.45) is 5.46. The lowest BCUT2D eigenvalue weighted by molar-refractivity contribution is -0.121. The van der Waals surface area contributed by atoms with Gasteiger partial charge in [-0.25, -0.2) is 0 Å². The van der Waals surface area contributed by atoms with Crippen LogP contribution in [0, 0.1) is 5.92 Å². The van der Waals surface area contributed by atoms with Crippen molar-refractivity contribution in [1.29, 1.82) is 0 Å². The molecule has 3 aromatic rings. The first-order valence-corrected chi connectivity index (χ1v) is 8.64. The summed E-state index contributed by atoms with van der Waals surface area (Å²) in [7, 11) is 0. The quantitative estimate of drug-likeness (QED) is 0.796. The lowest BCUT2D eigenvalue weighted by Gasteiger charge is -2.32. The lowest BCUT2D eigenvalue weighted by Crippen LogP contribution is -2.40. The highest BCUT2D eigenvalue weighted by Gasteiger charge is 2.25. The summed E-state index contributed by atoms with van der Waals surface area (Å²) in [4.78, 5) is 15.0. The zero-order valence-electron chi connectivity index (χ0n) is 14.0. The Morgan fingerprint density at radius 1 is 1.20 bits per heavy atom. The van der Waals surface area contributed by atoms with E-state index in [0.29, 0.717) is 0 Å². The molecule has 1 N–H and O–H groups in total. The first-order chi connectivity index (χ1) is 12.3. The molecular weight excluding hydrogens is 314 g/mol. The number of aromatic nitrogens is 3. The fourth-order valence-electron chi connectivity index (χ4n) is 3.40. The summed E-state index contributed by atoms with van der Waals surface area (Å²) in [6.45, 7) is 2.75. The van der Waals surface area contributed by atoms with Crippen LogP contribution in [0.4, 0.5) is 5.69 Å². The second-order valence-electron chi connectivity index (χ2n) is 6.56. The number of pyridine rings is 1. The third kappa shape index (κ3) is 3.69. The fraction of sp³-hybridized carbons (Fsp3) is 0.316. The predicted octanol–water partition coefficient (Wildman–Crippen LogP) is 2.58. The van der Waals surface area contributed by atoms with Gasteiger partial charge in [-0.15, -0.1) is 10.2 Å². The van der Waals surface area contributed by atoms with E-state index < -0.39 is 0 Å². The van der Waals surface area contributed by atoms with Gasteiger partial charge in [0.15, 0.2) is 5.65 Å². The highest BCUT2D eigenvalue weighted by molar-refractivity contribution is 5.92. The van der Waals surface area contributed by atoms with E-state index in [1.54, 1.807) is 10.7 Å². The van der Waals surface area contributed by atoms with Gasteiger partial charge in [0.1, 0.15) is 6.33 Å². The van der Waals surface area contributed by atoms with Crippen LogP contribution in [-0.2, 0) is 11.3 Å². The number of anilines is 1. The van der Waals surface area contributed by atoms with Crippen molar-refractivity contribution in [2.24, 2.45) is 5.92 Å². The number of rotatable bonds is 4. The average Bonchev–Trinajstić information content (AvgIpc) is 3.10. The second-order valence-corrected chi connectivity index (χ2v) is 6.56. The summed E-state index contributed by atoms with van der Waals surface area (Å²) in [5, 5.41) is 10.9. The van der Waals surface area contributed by atoms with Crippen molar-refractivity contribution >= 4 is 17.2 Å². The molecule has 0 saturated carbocycles. The monoisotopic (exact) mass is 335 g/mol. The zero-order valence-corrected chi connectivity index (χ0v) is 14.0. The molecule has 1 fully saturated rings. The molecule has 0 radical (unpaired) electrons. The van der Waals surface area contributed by atoms with E-state index >= 15 is 0 Å². The third-order valence-electron chi connectivity index (χ3n) is 4.68. The van der Waals surface area contributed by atoms with Gasteiger partial charge in [-0.3, -0.25) is 14.1 Å². The largest absolute Gasteiger partial charge is 0.324 e. The highest BCUT2D eigenvalue weighted by Crippen LogP contribution is 2.20. The van der Waals surface area contributed by atoms with Crippen LogP contribution in [0.5, 0.6) is 0 Å². The number of benzene rings is 1. The number of piperidine rings is 1. The molecule has 0 bridgehead atoms. The van der Waals surface area contributed by atoms with Gasteiger partial charge < -0.3 is 5.32 Å². The number of likely N-dealkylation sites (tertiary alicyclic amines) is 1. The Bertz CT molecular complexity index is 860. The Kier molecular flexibility index (Phi) is 4.43. The van der Waals surface area contributed by atoms with E-state index in [4.69, 9.17) is 0 Å². The van der Waals surface area contributed by atoms with Gasteiger partial charge in [-0.2, -0.15) is 0 Å². The Hall–Kier alpha value is -2.73. The number of hydrogen-bond donors (Lipinski definition) is 1. The molecular formula is C19H21N5O. The molecule has 0 spiro atoms. The predicted molar refractivity (Wildman–Crippen MR) is 96.1 cm³/mol. The highest BCUT2D eigenvalue weighted by atomic mass is 16.1. The molecule has 6 nitrogen and oxygen atoms in total. The van der Waals surface area contributed by atoms with Crippen LogP contribution < -0.4 is 5.32 Å². The SMILES string of the molecule is O=C(Nc1ccc2nncn2c1)C1CCCN(Cc2ccccc2)C1. The molecule has 128 valence electrons. The smallest absolute Gasteiger partial charge is 0.228 e. The Morgan fingerprint density at radius 2 is 2.08 bits per heavy atom. The standard InChI is InChI=1S/C19H21N5O/c25-19(21-17-8-9-18-22-20-14-24(18)13-17)16-7-4-10-23(12-16)11-15-5-2-1-3-6-15/h1-3,5-6,8-9,13-14,16H,4,7,10-12H2,(H,21,25). The van der Waals surface area contributed by atoms with Gasteiger partial charge in [0, 0.05) is 19.3 Å². The number of hydrogen-bond acceptors (Lipinski definition) is 4. The maximum atomic E-state index is 12.7. The molecule has 6 heteroatoms. The van der Waals surface area contributed by atoms with E-state index in [1.807, 2.05) is 24.4 Å². The summed E-state index contributed by atoms with van der Waals surface area (Å²) in [6, 6.07) is 14.1. The van der Waals surface area contributed by atoms with Gasteiger partial charge in [-0.1, -0.05) is 30.3 Å². The first-order valence-electron chi connectivity index (χ1n) is 8.64. The van der Waals surface area contributed by atoms with E-state index in [0.717, 1.165) is 43.8 Å². The number of carbonyl (C=O) groups is 1. The van der Waals surface area contributed by atoms with E-state index in [9.17, 15) is 4.79 Å². The van der Waals surface area contributed by atoms with Crippen molar-refractivity contribution in [3.05, 3.63) is 60.6 Å². The summed E-state index contributed by atoms with van der Waals surface area (Å²) < 4.78 is 1.80. The van der Waals surface area contributed by atoms with Crippen molar-refractivity contribution in [2.75, 3.05) is 18.4 Å². The van der Waals surface area contributed by atoms with Gasteiger partial charge in [0.2, 0.25) is 5.91 Å². The van der Waals surface area contributed by atoms with Crippen LogP contribution in [0.25, 0.3) is 5.65 Å². The molecule has 1 unspecified atom stereocenters. The Morgan fingerprint density at radius 3 is 2.96 bits per heavy atom. The molecule has 0 aliphatic carbocycles. The first kappa shape index (κ1) is 15.8. The molecule has 1 aliphatic rings. The maximum absolute atomic E-state index is 12.7. The van der Waals surface area contributed by atoms with Crippen molar-refractivity contribution < 1.29 is 4.79 Å². The van der Waals surface area contributed by atoms with E-state index in [2.05, 4.69) is 44.7 Å². The van der Waals surface area contributed by atoms with Crippen LogP contribution >= 0.6 is 0 Å². The van der Waals surface area contributed by atoms with E-state index in [-0.39, 0.29) is 11.8 Å². The van der Waals surface area contributed by atoms with Crippen LogP contribution in [-0.4, -0.2) is 38.5 Å². The molecule has 1 aromatic carbocycles. The minimum atomic E-state index is 0.0223. The molecule has 1 atom stereocenters. The molecule has 4 rings (SSSR count). The van der Waals surface area contributed by atoms with Crippen molar-refractivity contribution in [2.45, 2.75) is 19.4 Å². The van der Waals surface area contributed by atoms with Crippen molar-refractivity contribution in [1.82, 2.24) is 19.5 Å². The number of amides is 1. The normalized spacial score (nSPS) is 18.3. The third-order valence-corrected chi connectivity index (χ3v) is 4.68. The minimum Gasteiger partial charge on any atom is -0.324 e. The maximum Gasteiger partial charge on any atom is 0.228 e. The van der Waals surface area contributed by atoms with Gasteiger partial charge in [0.25, 0.3) is 0 Å². The second kappa shape index (κ2) is 7.03. The number of fused-ring (bicyclic) bond motifs is 1. The number of nitrogens with zero attached hydrogens (tertiary/aromatic N) is 4. The molecule has 1 amide bonds. The lowest BCUT2D eigenvalue weighted by atomic mass is 9.96. The van der Waals surface area contributed by atoms with E-state index in [1.165, 1.54) is 5.56 Å². The van der Waals surface area contributed by atoms with Gasteiger partial charge in [-0.05, 0) is 37.1 Å². The van der Waals surface area contributed by atoms with Crippen molar-refractivity contribution in [3.8, 4) is 0 Å². The van der Waals surface area contributed by atoms with Gasteiger partial charge in [0.05, 0.1) is 11.6 Å². The van der Waals surface area contributed by atoms with Crippen LogP contribution in [0.1, 0.15) is 18.4 Å².